The molecule has 1 aromatic heterocycles. The second-order valence-electron chi connectivity index (χ2n) is 4.94. The number of aliphatic hydroxyl groups is 1. The number of pyridine rings is 1. The van der Waals surface area contributed by atoms with Gasteiger partial charge in [0.1, 0.15) is 5.82 Å². The molecule has 0 saturated carbocycles. The molecule has 17 heavy (non-hydrogen) atoms. The van der Waals surface area contributed by atoms with E-state index < -0.39 is 0 Å². The maximum atomic E-state index is 9.23. The van der Waals surface area contributed by atoms with Crippen molar-refractivity contribution in [1.82, 2.24) is 4.98 Å². The molecular formula is C13H19ClN2O. The Morgan fingerprint density at radius 2 is 2.35 bits per heavy atom. The highest BCUT2D eigenvalue weighted by Crippen LogP contribution is 2.30. The van der Waals surface area contributed by atoms with Crippen LogP contribution in [-0.4, -0.2) is 22.7 Å². The van der Waals surface area contributed by atoms with Crippen molar-refractivity contribution >= 4 is 17.4 Å². The van der Waals surface area contributed by atoms with Crippen molar-refractivity contribution in [1.29, 1.82) is 0 Å². The second-order valence-corrected chi connectivity index (χ2v) is 5.35. The molecule has 1 atom stereocenters. The van der Waals surface area contributed by atoms with Crippen molar-refractivity contribution in [3.05, 3.63) is 22.8 Å². The topological polar surface area (TPSA) is 36.4 Å². The summed E-state index contributed by atoms with van der Waals surface area (Å²) in [7, 11) is 0. The Kier molecular flexibility index (Phi) is 3.89. The number of rotatable bonds is 3. The monoisotopic (exact) mass is 254 g/mol. The minimum atomic E-state index is -0.0332. The summed E-state index contributed by atoms with van der Waals surface area (Å²) in [6.45, 7) is 5.49. The first-order valence-electron chi connectivity index (χ1n) is 6.15. The highest BCUT2D eigenvalue weighted by molar-refractivity contribution is 6.31. The van der Waals surface area contributed by atoms with Gasteiger partial charge in [0.2, 0.25) is 0 Å². The van der Waals surface area contributed by atoms with Gasteiger partial charge in [-0.3, -0.25) is 0 Å². The lowest BCUT2D eigenvalue weighted by Crippen LogP contribution is -2.34. The van der Waals surface area contributed by atoms with E-state index in [0.29, 0.717) is 17.0 Å². The number of aromatic nitrogens is 1. The molecule has 1 fully saturated rings. The summed E-state index contributed by atoms with van der Waals surface area (Å²) < 4.78 is 0. The first kappa shape index (κ1) is 12.7. The van der Waals surface area contributed by atoms with E-state index in [2.05, 4.69) is 23.7 Å². The Bertz CT molecular complexity index is 395. The first-order chi connectivity index (χ1) is 8.13. The van der Waals surface area contributed by atoms with E-state index in [9.17, 15) is 5.11 Å². The van der Waals surface area contributed by atoms with E-state index in [1.54, 1.807) is 6.20 Å². The summed E-state index contributed by atoms with van der Waals surface area (Å²) in [5.41, 5.74) is 0.756. The lowest BCUT2D eigenvalue weighted by Gasteiger charge is -2.29. The average molecular weight is 255 g/mol. The molecule has 0 radical (unpaired) electrons. The van der Waals surface area contributed by atoms with E-state index >= 15 is 0 Å². The van der Waals surface area contributed by atoms with Gasteiger partial charge < -0.3 is 10.0 Å². The van der Waals surface area contributed by atoms with Gasteiger partial charge in [0.05, 0.1) is 11.6 Å². The van der Waals surface area contributed by atoms with Crippen molar-refractivity contribution in [3.63, 3.8) is 0 Å². The van der Waals surface area contributed by atoms with Crippen molar-refractivity contribution in [3.8, 4) is 0 Å². The minimum Gasteiger partial charge on any atom is -0.392 e. The minimum absolute atomic E-state index is 0.0332. The van der Waals surface area contributed by atoms with Gasteiger partial charge >= 0.3 is 0 Å². The van der Waals surface area contributed by atoms with Crippen LogP contribution in [0.4, 0.5) is 5.82 Å². The van der Waals surface area contributed by atoms with Crippen molar-refractivity contribution < 1.29 is 5.11 Å². The van der Waals surface area contributed by atoms with Crippen LogP contribution in [0.1, 0.15) is 32.3 Å². The fourth-order valence-electron chi connectivity index (χ4n) is 2.52. The van der Waals surface area contributed by atoms with Crippen LogP contribution in [-0.2, 0) is 6.61 Å². The number of hydrogen-bond donors (Lipinski definition) is 1. The molecule has 0 aromatic carbocycles. The van der Waals surface area contributed by atoms with Gasteiger partial charge in [0, 0.05) is 24.3 Å². The first-order valence-corrected chi connectivity index (χ1v) is 6.53. The van der Waals surface area contributed by atoms with Crippen LogP contribution in [0.25, 0.3) is 0 Å². The molecule has 0 aliphatic carbocycles. The normalized spacial score (nSPS) is 20.3. The molecule has 1 aromatic rings. The summed E-state index contributed by atoms with van der Waals surface area (Å²) in [5, 5.41) is 9.77. The number of nitrogens with zero attached hydrogens (tertiary/aromatic N) is 2. The molecule has 1 aliphatic heterocycles. The van der Waals surface area contributed by atoms with Crippen LogP contribution < -0.4 is 4.90 Å². The highest BCUT2D eigenvalue weighted by atomic mass is 35.5. The van der Waals surface area contributed by atoms with Crippen molar-refractivity contribution in [2.75, 3.05) is 11.4 Å². The number of aliphatic hydroxyl groups excluding tert-OH is 1. The van der Waals surface area contributed by atoms with E-state index in [1.165, 1.54) is 12.8 Å². The fraction of sp³-hybridized carbons (Fsp3) is 0.615. The zero-order valence-corrected chi connectivity index (χ0v) is 11.1. The van der Waals surface area contributed by atoms with Gasteiger partial charge in [-0.1, -0.05) is 25.4 Å². The van der Waals surface area contributed by atoms with Gasteiger partial charge in [0.25, 0.3) is 0 Å². The van der Waals surface area contributed by atoms with Crippen molar-refractivity contribution in [2.24, 2.45) is 5.92 Å². The zero-order chi connectivity index (χ0) is 12.4. The molecule has 2 heterocycles. The molecule has 0 bridgehead atoms. The van der Waals surface area contributed by atoms with E-state index in [0.717, 1.165) is 17.9 Å². The Morgan fingerprint density at radius 1 is 1.59 bits per heavy atom. The third-order valence-electron chi connectivity index (χ3n) is 3.45. The maximum absolute atomic E-state index is 9.23. The van der Waals surface area contributed by atoms with Gasteiger partial charge in [-0.15, -0.1) is 0 Å². The molecule has 94 valence electrons. The van der Waals surface area contributed by atoms with Gasteiger partial charge in [0.15, 0.2) is 0 Å². The molecule has 1 saturated heterocycles. The molecule has 0 amide bonds. The van der Waals surface area contributed by atoms with Crippen LogP contribution >= 0.6 is 11.6 Å². The summed E-state index contributed by atoms with van der Waals surface area (Å²) in [4.78, 5) is 6.72. The second kappa shape index (κ2) is 5.23. The summed E-state index contributed by atoms with van der Waals surface area (Å²) in [5.74, 6) is 1.56. The Labute approximate surface area is 107 Å². The number of anilines is 1. The predicted molar refractivity (Wildman–Crippen MR) is 70.4 cm³/mol. The fourth-order valence-corrected chi connectivity index (χ4v) is 2.68. The van der Waals surface area contributed by atoms with Crippen LogP contribution in [0.3, 0.4) is 0 Å². The lowest BCUT2D eigenvalue weighted by molar-refractivity contribution is 0.282. The molecular weight excluding hydrogens is 236 g/mol. The summed E-state index contributed by atoms with van der Waals surface area (Å²) >= 11 is 5.96. The lowest BCUT2D eigenvalue weighted by atomic mass is 10.0. The molecule has 0 spiro atoms. The quantitative estimate of drug-likeness (QED) is 0.901. The largest absolute Gasteiger partial charge is 0.392 e. The van der Waals surface area contributed by atoms with Gasteiger partial charge in [-0.2, -0.15) is 0 Å². The standard InChI is InChI=1S/C13H19ClN2O/c1-9(2)12-4-3-5-16(12)13-6-10(8-17)11(14)7-15-13/h6-7,9,12,17H,3-5,8H2,1-2H3. The van der Waals surface area contributed by atoms with Crippen molar-refractivity contribution in [2.45, 2.75) is 39.3 Å². The molecule has 1 aliphatic rings. The third-order valence-corrected chi connectivity index (χ3v) is 3.79. The maximum Gasteiger partial charge on any atom is 0.129 e. The molecule has 4 heteroatoms. The summed E-state index contributed by atoms with van der Waals surface area (Å²) in [6.07, 6.45) is 4.07. The summed E-state index contributed by atoms with van der Waals surface area (Å²) in [6, 6.07) is 2.46. The van der Waals surface area contributed by atoms with Crippen LogP contribution in [0.15, 0.2) is 12.3 Å². The number of hydrogen-bond acceptors (Lipinski definition) is 3. The molecule has 1 unspecified atom stereocenters. The van der Waals surface area contributed by atoms with Crippen LogP contribution in [0.5, 0.6) is 0 Å². The smallest absolute Gasteiger partial charge is 0.129 e. The average Bonchev–Trinajstić information content (AvgIpc) is 2.78. The van der Waals surface area contributed by atoms with E-state index in [4.69, 9.17) is 11.6 Å². The molecule has 1 N–H and O–H groups in total. The van der Waals surface area contributed by atoms with Crippen LogP contribution in [0.2, 0.25) is 5.02 Å². The Balaban J connectivity index is 2.27. The Morgan fingerprint density at radius 3 is 3.00 bits per heavy atom. The third kappa shape index (κ3) is 2.55. The molecule has 2 rings (SSSR count). The van der Waals surface area contributed by atoms with Gasteiger partial charge in [-0.25, -0.2) is 4.98 Å². The van der Waals surface area contributed by atoms with Crippen LogP contribution in [0, 0.1) is 5.92 Å². The predicted octanol–water partition coefficient (Wildman–Crippen LogP) is 2.85. The van der Waals surface area contributed by atoms with E-state index in [-0.39, 0.29) is 6.61 Å². The Hall–Kier alpha value is -0.800. The van der Waals surface area contributed by atoms with Gasteiger partial charge in [-0.05, 0) is 24.8 Å². The van der Waals surface area contributed by atoms with E-state index in [1.807, 2.05) is 6.07 Å². The SMILES string of the molecule is CC(C)C1CCCN1c1cc(CO)c(Cl)cn1. The molecule has 3 nitrogen and oxygen atoms in total. The number of halogens is 1. The highest BCUT2D eigenvalue weighted by Gasteiger charge is 2.28. The zero-order valence-electron chi connectivity index (χ0n) is 10.4.